The lowest BCUT2D eigenvalue weighted by Crippen LogP contribution is -2.50. The quantitative estimate of drug-likeness (QED) is 0.742. The van der Waals surface area contributed by atoms with Crippen LogP contribution in [-0.4, -0.2) is 24.0 Å². The van der Waals surface area contributed by atoms with Crippen molar-refractivity contribution >= 4 is 11.9 Å². The maximum absolute atomic E-state index is 11.9. The number of benzene rings is 1. The van der Waals surface area contributed by atoms with Gasteiger partial charge in [-0.05, 0) is 25.8 Å². The largest absolute Gasteiger partial charge is 0.350 e. The average Bonchev–Trinajstić information content (AvgIpc) is 2.45. The number of urea groups is 1. The molecule has 1 aromatic rings. The standard InChI is InChI=1S/C15H23N3O2/c1-4-11(2)17-15(20)18-12(3)14(19)16-10-13-8-6-5-7-9-13/h5-9,11-12H,4,10H2,1-3H3,(H,16,19)(H2,17,18,20)/t11-,12+/m1/s1. The molecule has 0 saturated carbocycles. The fourth-order valence-corrected chi connectivity index (χ4v) is 1.57. The van der Waals surface area contributed by atoms with Gasteiger partial charge < -0.3 is 16.0 Å². The van der Waals surface area contributed by atoms with Crippen LogP contribution in [0.25, 0.3) is 0 Å². The smallest absolute Gasteiger partial charge is 0.315 e. The highest BCUT2D eigenvalue weighted by atomic mass is 16.2. The van der Waals surface area contributed by atoms with Crippen molar-refractivity contribution < 1.29 is 9.59 Å². The lowest BCUT2D eigenvalue weighted by molar-refractivity contribution is -0.122. The molecule has 3 N–H and O–H groups in total. The van der Waals surface area contributed by atoms with Crippen molar-refractivity contribution in [3.05, 3.63) is 35.9 Å². The molecule has 0 spiro atoms. The summed E-state index contributed by atoms with van der Waals surface area (Å²) in [6.45, 7) is 6.02. The van der Waals surface area contributed by atoms with Gasteiger partial charge in [-0.2, -0.15) is 0 Å². The second-order valence-electron chi connectivity index (χ2n) is 4.85. The van der Waals surface area contributed by atoms with E-state index in [1.54, 1.807) is 6.92 Å². The molecule has 0 aliphatic heterocycles. The second-order valence-corrected chi connectivity index (χ2v) is 4.85. The molecule has 0 unspecified atom stereocenters. The van der Waals surface area contributed by atoms with Gasteiger partial charge in [-0.25, -0.2) is 4.79 Å². The molecule has 0 heterocycles. The molecular formula is C15H23N3O2. The molecule has 1 aromatic carbocycles. The summed E-state index contributed by atoms with van der Waals surface area (Å²) in [4.78, 5) is 23.5. The van der Waals surface area contributed by atoms with Crippen molar-refractivity contribution in [2.75, 3.05) is 0 Å². The molecule has 0 aliphatic rings. The van der Waals surface area contributed by atoms with Crippen LogP contribution in [0.3, 0.4) is 0 Å². The summed E-state index contributed by atoms with van der Waals surface area (Å²) >= 11 is 0. The normalized spacial score (nSPS) is 13.2. The first-order valence-corrected chi connectivity index (χ1v) is 6.91. The summed E-state index contributed by atoms with van der Waals surface area (Å²) < 4.78 is 0. The van der Waals surface area contributed by atoms with Gasteiger partial charge in [0.1, 0.15) is 6.04 Å². The molecule has 20 heavy (non-hydrogen) atoms. The Balaban J connectivity index is 2.34. The number of amides is 3. The van der Waals surface area contributed by atoms with Crippen LogP contribution >= 0.6 is 0 Å². The SMILES string of the molecule is CC[C@@H](C)NC(=O)N[C@@H](C)C(=O)NCc1ccccc1. The predicted octanol–water partition coefficient (Wildman–Crippen LogP) is 1.79. The molecule has 3 amide bonds. The van der Waals surface area contributed by atoms with Crippen LogP contribution in [0.15, 0.2) is 30.3 Å². The molecule has 0 saturated heterocycles. The predicted molar refractivity (Wildman–Crippen MR) is 79.2 cm³/mol. The number of hydrogen-bond acceptors (Lipinski definition) is 2. The van der Waals surface area contributed by atoms with Crippen LogP contribution in [0.2, 0.25) is 0 Å². The van der Waals surface area contributed by atoms with Crippen LogP contribution in [0.4, 0.5) is 4.79 Å². The molecule has 1 rings (SSSR count). The Morgan fingerprint density at radius 1 is 1.10 bits per heavy atom. The summed E-state index contributed by atoms with van der Waals surface area (Å²) in [6.07, 6.45) is 0.849. The Labute approximate surface area is 120 Å². The number of hydrogen-bond donors (Lipinski definition) is 3. The van der Waals surface area contributed by atoms with Gasteiger partial charge in [0.05, 0.1) is 0 Å². The van der Waals surface area contributed by atoms with E-state index in [-0.39, 0.29) is 18.0 Å². The van der Waals surface area contributed by atoms with E-state index in [9.17, 15) is 9.59 Å². The van der Waals surface area contributed by atoms with Gasteiger partial charge in [0.2, 0.25) is 5.91 Å². The molecule has 0 bridgehead atoms. The van der Waals surface area contributed by atoms with E-state index in [1.807, 2.05) is 44.2 Å². The van der Waals surface area contributed by atoms with Crippen molar-refractivity contribution in [2.45, 2.75) is 45.8 Å². The Bertz CT molecular complexity index is 434. The topological polar surface area (TPSA) is 70.2 Å². The average molecular weight is 277 g/mol. The van der Waals surface area contributed by atoms with Gasteiger partial charge in [0, 0.05) is 12.6 Å². The highest BCUT2D eigenvalue weighted by Crippen LogP contribution is 1.97. The molecule has 0 aliphatic carbocycles. The van der Waals surface area contributed by atoms with Gasteiger partial charge in [-0.15, -0.1) is 0 Å². The molecular weight excluding hydrogens is 254 g/mol. The summed E-state index contributed by atoms with van der Waals surface area (Å²) in [5, 5.41) is 8.17. The van der Waals surface area contributed by atoms with Crippen LogP contribution in [0, 0.1) is 0 Å². The minimum absolute atomic E-state index is 0.0922. The van der Waals surface area contributed by atoms with E-state index < -0.39 is 6.04 Å². The number of nitrogens with one attached hydrogen (secondary N) is 3. The van der Waals surface area contributed by atoms with E-state index in [2.05, 4.69) is 16.0 Å². The zero-order valence-electron chi connectivity index (χ0n) is 12.3. The molecule has 0 radical (unpaired) electrons. The molecule has 0 fully saturated rings. The second kappa shape index (κ2) is 8.19. The third-order valence-electron chi connectivity index (χ3n) is 3.04. The lowest BCUT2D eigenvalue weighted by Gasteiger charge is -2.17. The number of carbonyl (C=O) groups excluding carboxylic acids is 2. The first-order valence-electron chi connectivity index (χ1n) is 6.91. The van der Waals surface area contributed by atoms with Crippen LogP contribution < -0.4 is 16.0 Å². The third kappa shape index (κ3) is 5.73. The zero-order chi connectivity index (χ0) is 15.0. The van der Waals surface area contributed by atoms with E-state index in [0.29, 0.717) is 6.54 Å². The van der Waals surface area contributed by atoms with Gasteiger partial charge in [0.25, 0.3) is 0 Å². The van der Waals surface area contributed by atoms with Crippen molar-refractivity contribution in [1.82, 2.24) is 16.0 Å². The number of rotatable bonds is 6. The highest BCUT2D eigenvalue weighted by Gasteiger charge is 2.15. The zero-order valence-corrected chi connectivity index (χ0v) is 12.3. The molecule has 2 atom stereocenters. The number of carbonyl (C=O) groups is 2. The monoisotopic (exact) mass is 277 g/mol. The third-order valence-corrected chi connectivity index (χ3v) is 3.04. The first kappa shape index (κ1) is 16.0. The summed E-state index contributed by atoms with van der Waals surface area (Å²) in [5.74, 6) is -0.201. The van der Waals surface area contributed by atoms with Crippen molar-refractivity contribution in [1.29, 1.82) is 0 Å². The summed E-state index contributed by atoms with van der Waals surface area (Å²) in [7, 11) is 0. The summed E-state index contributed by atoms with van der Waals surface area (Å²) in [5.41, 5.74) is 1.03. The summed E-state index contributed by atoms with van der Waals surface area (Å²) in [6, 6.07) is 8.85. The maximum atomic E-state index is 11.9. The van der Waals surface area contributed by atoms with Crippen LogP contribution in [0.5, 0.6) is 0 Å². The van der Waals surface area contributed by atoms with E-state index in [0.717, 1.165) is 12.0 Å². The van der Waals surface area contributed by atoms with E-state index >= 15 is 0 Å². The maximum Gasteiger partial charge on any atom is 0.315 e. The molecule has 5 heteroatoms. The van der Waals surface area contributed by atoms with Gasteiger partial charge in [-0.1, -0.05) is 37.3 Å². The fraction of sp³-hybridized carbons (Fsp3) is 0.467. The molecule has 0 aromatic heterocycles. The minimum Gasteiger partial charge on any atom is -0.350 e. The van der Waals surface area contributed by atoms with Crippen LogP contribution in [-0.2, 0) is 11.3 Å². The Morgan fingerprint density at radius 2 is 1.75 bits per heavy atom. The van der Waals surface area contributed by atoms with Gasteiger partial charge in [0.15, 0.2) is 0 Å². The fourth-order valence-electron chi connectivity index (χ4n) is 1.57. The van der Waals surface area contributed by atoms with Gasteiger partial charge in [-0.3, -0.25) is 4.79 Å². The Morgan fingerprint density at radius 3 is 2.35 bits per heavy atom. The van der Waals surface area contributed by atoms with Gasteiger partial charge >= 0.3 is 6.03 Å². The molecule has 110 valence electrons. The van der Waals surface area contributed by atoms with E-state index in [4.69, 9.17) is 0 Å². The van der Waals surface area contributed by atoms with Crippen molar-refractivity contribution in [2.24, 2.45) is 0 Å². The minimum atomic E-state index is -0.567. The highest BCUT2D eigenvalue weighted by molar-refractivity contribution is 5.86. The Hall–Kier alpha value is -2.04. The van der Waals surface area contributed by atoms with Crippen molar-refractivity contribution in [3.63, 3.8) is 0 Å². The first-order chi connectivity index (χ1) is 9.52. The Kier molecular flexibility index (Phi) is 6.56. The lowest BCUT2D eigenvalue weighted by atomic mass is 10.2. The van der Waals surface area contributed by atoms with Crippen LogP contribution in [0.1, 0.15) is 32.8 Å². The van der Waals surface area contributed by atoms with Crippen molar-refractivity contribution in [3.8, 4) is 0 Å². The van der Waals surface area contributed by atoms with E-state index in [1.165, 1.54) is 0 Å². The molecule has 5 nitrogen and oxygen atoms in total.